The van der Waals surface area contributed by atoms with Crippen LogP contribution in [-0.4, -0.2) is 75.0 Å². The van der Waals surface area contributed by atoms with Crippen molar-refractivity contribution >= 4 is 59.8 Å². The monoisotopic (exact) mass is 622 g/mol. The second-order valence-electron chi connectivity index (χ2n) is 8.20. The quantitative estimate of drug-likeness (QED) is 0.307. The number of carbonyl (C=O) groups is 2. The summed E-state index contributed by atoms with van der Waals surface area (Å²) in [5, 5.41) is 6.18. The molecule has 2 N–H and O–H groups in total. The van der Waals surface area contributed by atoms with Crippen LogP contribution in [0.1, 0.15) is 51.4 Å². The Labute approximate surface area is 205 Å². The minimum Gasteiger partial charge on any atom is -0.356 e. The van der Waals surface area contributed by atoms with Crippen LogP contribution in [0.3, 0.4) is 0 Å². The van der Waals surface area contributed by atoms with Gasteiger partial charge >= 0.3 is 0 Å². The minimum absolute atomic E-state index is 0. The summed E-state index contributed by atoms with van der Waals surface area (Å²) in [7, 11) is 4.18. The fraction of sp³-hybridized carbons (Fsp3) is 0.900. The molecule has 6 nitrogen and oxygen atoms in total. The molecule has 0 radical (unpaired) electrons. The van der Waals surface area contributed by atoms with Crippen molar-refractivity contribution in [3.8, 4) is 0 Å². The Bertz CT molecular complexity index is 414. The number of piperidine rings is 2. The molecule has 0 aromatic rings. The average molecular weight is 622 g/mol. The fourth-order valence-corrected chi connectivity index (χ4v) is 4.08. The van der Waals surface area contributed by atoms with Crippen LogP contribution in [0.25, 0.3) is 0 Å². The zero-order valence-corrected chi connectivity index (χ0v) is 22.2. The normalized spacial score (nSPS) is 23.2. The molecule has 2 rings (SSSR count). The van der Waals surface area contributed by atoms with Crippen LogP contribution in [0.5, 0.6) is 0 Å². The van der Waals surface area contributed by atoms with Gasteiger partial charge in [0.05, 0.1) is 11.8 Å². The summed E-state index contributed by atoms with van der Waals surface area (Å²) in [5.74, 6) is 0.785. The SMILES string of the molecule is CN1CCCC(C(=O)NCCCCCCNC(=O)C2CCCN(C)C2)C1.I.I. The number of halogens is 2. The van der Waals surface area contributed by atoms with E-state index in [-0.39, 0.29) is 71.6 Å². The molecule has 0 bridgehead atoms. The Morgan fingerprint density at radius 3 is 1.50 bits per heavy atom. The summed E-state index contributed by atoms with van der Waals surface area (Å²) in [6, 6.07) is 0. The van der Waals surface area contributed by atoms with Gasteiger partial charge in [-0.05, 0) is 65.7 Å². The molecule has 0 saturated carbocycles. The summed E-state index contributed by atoms with van der Waals surface area (Å²) in [4.78, 5) is 28.8. The first-order valence-electron chi connectivity index (χ1n) is 10.5. The molecule has 0 aromatic carbocycles. The van der Waals surface area contributed by atoms with E-state index in [1.54, 1.807) is 0 Å². The lowest BCUT2D eigenvalue weighted by Gasteiger charge is -2.28. The van der Waals surface area contributed by atoms with Gasteiger partial charge in [0.25, 0.3) is 0 Å². The number of unbranched alkanes of at least 4 members (excludes halogenated alkanes) is 3. The van der Waals surface area contributed by atoms with Crippen LogP contribution in [0.15, 0.2) is 0 Å². The Balaban J connectivity index is 0.00000364. The predicted octanol–water partition coefficient (Wildman–Crippen LogP) is 2.70. The van der Waals surface area contributed by atoms with E-state index in [1.165, 1.54) is 0 Å². The molecule has 2 atom stereocenters. The highest BCUT2D eigenvalue weighted by atomic mass is 127. The van der Waals surface area contributed by atoms with Crippen LogP contribution >= 0.6 is 48.0 Å². The zero-order chi connectivity index (χ0) is 18.8. The molecular weight excluding hydrogens is 582 g/mol. The van der Waals surface area contributed by atoms with Gasteiger partial charge in [0, 0.05) is 26.2 Å². The maximum absolute atomic E-state index is 12.1. The van der Waals surface area contributed by atoms with E-state index in [0.29, 0.717) is 0 Å². The number of nitrogens with one attached hydrogen (secondary N) is 2. The number of likely N-dealkylation sites (tertiary alicyclic amines) is 2. The second kappa shape index (κ2) is 16.1. The van der Waals surface area contributed by atoms with Gasteiger partial charge in [-0.2, -0.15) is 0 Å². The van der Waals surface area contributed by atoms with Crippen molar-refractivity contribution in [3.05, 3.63) is 0 Å². The Kier molecular flexibility index (Phi) is 16.3. The van der Waals surface area contributed by atoms with Gasteiger partial charge < -0.3 is 20.4 Å². The third kappa shape index (κ3) is 10.9. The molecule has 2 aliphatic rings. The van der Waals surface area contributed by atoms with Crippen molar-refractivity contribution in [2.45, 2.75) is 51.4 Å². The van der Waals surface area contributed by atoms with Gasteiger partial charge in [0.1, 0.15) is 0 Å². The van der Waals surface area contributed by atoms with Crippen LogP contribution < -0.4 is 10.6 Å². The predicted molar refractivity (Wildman–Crippen MR) is 136 cm³/mol. The number of carbonyl (C=O) groups excluding carboxylic acids is 2. The van der Waals surface area contributed by atoms with Crippen molar-refractivity contribution in [2.75, 3.05) is 53.4 Å². The first kappa shape index (κ1) is 28.3. The van der Waals surface area contributed by atoms with Gasteiger partial charge in [-0.3, -0.25) is 9.59 Å². The number of amides is 2. The largest absolute Gasteiger partial charge is 0.356 e. The van der Waals surface area contributed by atoms with Gasteiger partial charge in [-0.1, -0.05) is 12.8 Å². The average Bonchev–Trinajstić information content (AvgIpc) is 2.63. The highest BCUT2D eigenvalue weighted by Gasteiger charge is 2.24. The highest BCUT2D eigenvalue weighted by Crippen LogP contribution is 2.16. The lowest BCUT2D eigenvalue weighted by atomic mass is 9.97. The van der Waals surface area contributed by atoms with Crippen LogP contribution in [0.2, 0.25) is 0 Å². The zero-order valence-electron chi connectivity index (χ0n) is 17.6. The van der Waals surface area contributed by atoms with E-state index in [2.05, 4.69) is 34.5 Å². The first-order chi connectivity index (χ1) is 12.6. The molecule has 2 aliphatic heterocycles. The van der Waals surface area contributed by atoms with Crippen LogP contribution in [0, 0.1) is 11.8 Å². The van der Waals surface area contributed by atoms with Gasteiger partial charge in [-0.15, -0.1) is 48.0 Å². The first-order valence-corrected chi connectivity index (χ1v) is 10.5. The summed E-state index contributed by atoms with van der Waals surface area (Å²) in [6.45, 7) is 5.56. The van der Waals surface area contributed by atoms with E-state index in [1.807, 2.05) is 0 Å². The van der Waals surface area contributed by atoms with Gasteiger partial charge in [0.2, 0.25) is 11.8 Å². The molecule has 0 aliphatic carbocycles. The van der Waals surface area contributed by atoms with Gasteiger partial charge in [0.15, 0.2) is 0 Å². The highest BCUT2D eigenvalue weighted by molar-refractivity contribution is 14.0. The number of rotatable bonds is 9. The van der Waals surface area contributed by atoms with Crippen molar-refractivity contribution in [1.29, 1.82) is 0 Å². The molecule has 0 aromatic heterocycles. The van der Waals surface area contributed by atoms with E-state index in [4.69, 9.17) is 0 Å². The lowest BCUT2D eigenvalue weighted by Crippen LogP contribution is -2.41. The molecule has 28 heavy (non-hydrogen) atoms. The molecule has 2 fully saturated rings. The van der Waals surface area contributed by atoms with Crippen molar-refractivity contribution in [2.24, 2.45) is 11.8 Å². The summed E-state index contributed by atoms with van der Waals surface area (Å²) >= 11 is 0. The Morgan fingerprint density at radius 2 is 1.14 bits per heavy atom. The summed E-state index contributed by atoms with van der Waals surface area (Å²) < 4.78 is 0. The number of hydrogen-bond donors (Lipinski definition) is 2. The molecule has 8 heteroatoms. The van der Waals surface area contributed by atoms with E-state index < -0.39 is 0 Å². The van der Waals surface area contributed by atoms with Crippen LogP contribution in [0.4, 0.5) is 0 Å². The van der Waals surface area contributed by atoms with Crippen molar-refractivity contribution in [3.63, 3.8) is 0 Å². The van der Waals surface area contributed by atoms with Crippen molar-refractivity contribution < 1.29 is 9.59 Å². The Morgan fingerprint density at radius 1 is 0.750 bits per heavy atom. The maximum Gasteiger partial charge on any atom is 0.224 e. The summed E-state index contributed by atoms with van der Waals surface area (Å²) in [6.07, 6.45) is 8.54. The third-order valence-electron chi connectivity index (χ3n) is 5.69. The topological polar surface area (TPSA) is 64.7 Å². The fourth-order valence-electron chi connectivity index (χ4n) is 4.08. The molecule has 2 amide bonds. The van der Waals surface area contributed by atoms with Gasteiger partial charge in [-0.25, -0.2) is 0 Å². The number of nitrogens with zero attached hydrogens (tertiary/aromatic N) is 2. The Hall–Kier alpha value is 0.320. The minimum atomic E-state index is 0. The maximum atomic E-state index is 12.1. The van der Waals surface area contributed by atoms with E-state index >= 15 is 0 Å². The van der Waals surface area contributed by atoms with E-state index in [0.717, 1.165) is 90.6 Å². The molecule has 2 heterocycles. The number of hydrogen-bond acceptors (Lipinski definition) is 4. The standard InChI is InChI=1S/C20H38N4O2.2HI/c1-23-13-7-9-17(15-23)19(25)21-11-5-3-4-6-12-22-20(26)18-10-8-14-24(2)16-18;;/h17-18H,3-16H2,1-2H3,(H,21,25)(H,22,26);2*1H. The molecule has 0 spiro atoms. The molecule has 2 unspecified atom stereocenters. The third-order valence-corrected chi connectivity index (χ3v) is 5.69. The second-order valence-corrected chi connectivity index (χ2v) is 8.20. The molecular formula is C20H40I2N4O2. The lowest BCUT2D eigenvalue weighted by molar-refractivity contribution is -0.127. The smallest absolute Gasteiger partial charge is 0.224 e. The molecule has 2 saturated heterocycles. The van der Waals surface area contributed by atoms with Crippen LogP contribution in [-0.2, 0) is 9.59 Å². The van der Waals surface area contributed by atoms with Crippen molar-refractivity contribution in [1.82, 2.24) is 20.4 Å². The summed E-state index contributed by atoms with van der Waals surface area (Å²) in [5.41, 5.74) is 0. The van der Waals surface area contributed by atoms with E-state index in [9.17, 15) is 9.59 Å². The molecule has 166 valence electrons.